The van der Waals surface area contributed by atoms with Crippen molar-refractivity contribution < 1.29 is 9.53 Å². The van der Waals surface area contributed by atoms with E-state index in [0.29, 0.717) is 5.96 Å². The third kappa shape index (κ3) is 5.38. The Morgan fingerprint density at radius 3 is 2.44 bits per heavy atom. The summed E-state index contributed by atoms with van der Waals surface area (Å²) in [6.07, 6.45) is 2.26. The maximum atomic E-state index is 11.5. The molecular formula is C13H25N3O2. The Morgan fingerprint density at radius 1 is 1.39 bits per heavy atom. The van der Waals surface area contributed by atoms with Crippen LogP contribution in [-0.2, 0) is 9.53 Å². The van der Waals surface area contributed by atoms with Gasteiger partial charge < -0.3 is 15.4 Å². The van der Waals surface area contributed by atoms with E-state index in [4.69, 9.17) is 10.5 Å². The van der Waals surface area contributed by atoms with Crippen LogP contribution < -0.4 is 5.73 Å². The van der Waals surface area contributed by atoms with E-state index in [1.165, 1.54) is 0 Å². The van der Waals surface area contributed by atoms with E-state index in [0.717, 1.165) is 31.8 Å². The molecule has 1 fully saturated rings. The van der Waals surface area contributed by atoms with Crippen molar-refractivity contribution in [2.75, 3.05) is 19.6 Å². The van der Waals surface area contributed by atoms with E-state index < -0.39 is 5.60 Å². The van der Waals surface area contributed by atoms with Gasteiger partial charge in [0.25, 0.3) is 0 Å². The van der Waals surface area contributed by atoms with Crippen molar-refractivity contribution in [1.29, 1.82) is 0 Å². The lowest BCUT2D eigenvalue weighted by Crippen LogP contribution is -2.42. The molecule has 18 heavy (non-hydrogen) atoms. The smallest absolute Gasteiger partial charge is 0.328 e. The van der Waals surface area contributed by atoms with E-state index in [1.807, 2.05) is 25.7 Å². The molecule has 0 atom stereocenters. The van der Waals surface area contributed by atoms with Gasteiger partial charge in [-0.1, -0.05) is 6.92 Å². The average Bonchev–Trinajstić information content (AvgIpc) is 2.24. The average molecular weight is 255 g/mol. The highest BCUT2D eigenvalue weighted by molar-refractivity contribution is 5.81. The molecule has 0 radical (unpaired) electrons. The number of carbonyl (C=O) groups is 1. The van der Waals surface area contributed by atoms with E-state index in [1.54, 1.807) is 0 Å². The summed E-state index contributed by atoms with van der Waals surface area (Å²) in [4.78, 5) is 17.6. The molecule has 0 unspecified atom stereocenters. The number of esters is 1. The van der Waals surface area contributed by atoms with E-state index >= 15 is 0 Å². The molecule has 1 aliphatic rings. The normalized spacial score (nSPS) is 18.9. The predicted octanol–water partition coefficient (Wildman–Crippen LogP) is 1.37. The van der Waals surface area contributed by atoms with Crippen LogP contribution in [0.2, 0.25) is 0 Å². The molecule has 0 bridgehead atoms. The first kappa shape index (κ1) is 14.8. The molecule has 0 amide bonds. The van der Waals surface area contributed by atoms with Crippen LogP contribution in [0.15, 0.2) is 4.99 Å². The topological polar surface area (TPSA) is 67.9 Å². The molecule has 0 aliphatic carbocycles. The van der Waals surface area contributed by atoms with Crippen molar-refractivity contribution in [1.82, 2.24) is 4.90 Å². The first-order valence-corrected chi connectivity index (χ1v) is 6.54. The zero-order valence-corrected chi connectivity index (χ0v) is 11.9. The second-order valence-corrected chi connectivity index (χ2v) is 5.93. The molecule has 1 rings (SSSR count). The molecule has 1 aliphatic heterocycles. The van der Waals surface area contributed by atoms with Gasteiger partial charge in [0.1, 0.15) is 12.1 Å². The number of ether oxygens (including phenoxy) is 1. The van der Waals surface area contributed by atoms with Crippen LogP contribution in [-0.4, -0.2) is 42.1 Å². The number of piperidine rings is 1. The van der Waals surface area contributed by atoms with Gasteiger partial charge in [-0.15, -0.1) is 0 Å². The number of hydrogen-bond acceptors (Lipinski definition) is 3. The quantitative estimate of drug-likeness (QED) is 0.460. The number of hydrogen-bond donors (Lipinski definition) is 1. The highest BCUT2D eigenvalue weighted by Gasteiger charge is 2.18. The Labute approximate surface area is 109 Å². The van der Waals surface area contributed by atoms with Crippen LogP contribution in [0.1, 0.15) is 40.5 Å². The van der Waals surface area contributed by atoms with Crippen LogP contribution in [0.3, 0.4) is 0 Å². The van der Waals surface area contributed by atoms with Crippen LogP contribution in [0.5, 0.6) is 0 Å². The number of likely N-dealkylation sites (tertiary alicyclic amines) is 1. The van der Waals surface area contributed by atoms with Crippen LogP contribution in [0, 0.1) is 5.92 Å². The summed E-state index contributed by atoms with van der Waals surface area (Å²) in [6.45, 7) is 9.59. The fourth-order valence-electron chi connectivity index (χ4n) is 1.86. The summed E-state index contributed by atoms with van der Waals surface area (Å²) < 4.78 is 5.17. The molecule has 0 aromatic rings. The second kappa shape index (κ2) is 6.07. The Morgan fingerprint density at radius 2 is 1.94 bits per heavy atom. The Kier molecular flexibility index (Phi) is 4.99. The molecule has 1 saturated heterocycles. The Hall–Kier alpha value is -1.26. The molecule has 5 heteroatoms. The standard InChI is InChI=1S/C13H25N3O2/c1-10-5-7-16(8-6-10)12(14)15-9-11(17)18-13(2,3)4/h10H,5-9H2,1-4H3,(H2,14,15). The lowest BCUT2D eigenvalue weighted by molar-refractivity contribution is -0.152. The molecule has 0 spiro atoms. The van der Waals surface area contributed by atoms with Gasteiger partial charge in [-0.25, -0.2) is 4.99 Å². The highest BCUT2D eigenvalue weighted by Crippen LogP contribution is 2.15. The van der Waals surface area contributed by atoms with Crippen LogP contribution >= 0.6 is 0 Å². The first-order chi connectivity index (χ1) is 8.28. The van der Waals surface area contributed by atoms with Gasteiger partial charge in [-0.05, 0) is 39.5 Å². The maximum absolute atomic E-state index is 11.5. The SMILES string of the molecule is CC1CCN(C(N)=NCC(=O)OC(C)(C)C)CC1. The van der Waals surface area contributed by atoms with Gasteiger partial charge in [-0.2, -0.15) is 0 Å². The summed E-state index contributed by atoms with van der Waals surface area (Å²) in [5.41, 5.74) is 5.40. The zero-order chi connectivity index (χ0) is 13.8. The molecular weight excluding hydrogens is 230 g/mol. The fraction of sp³-hybridized carbons (Fsp3) is 0.846. The molecule has 2 N–H and O–H groups in total. The minimum Gasteiger partial charge on any atom is -0.459 e. The summed E-state index contributed by atoms with van der Waals surface area (Å²) >= 11 is 0. The van der Waals surface area contributed by atoms with Crippen molar-refractivity contribution in [2.24, 2.45) is 16.6 Å². The number of rotatable bonds is 2. The van der Waals surface area contributed by atoms with E-state index in [-0.39, 0.29) is 12.5 Å². The fourth-order valence-corrected chi connectivity index (χ4v) is 1.86. The number of aliphatic imine (C=N–C) groups is 1. The van der Waals surface area contributed by atoms with Crippen molar-refractivity contribution >= 4 is 11.9 Å². The number of nitrogens with two attached hydrogens (primary N) is 1. The minimum atomic E-state index is -0.470. The number of carbonyl (C=O) groups excluding carboxylic acids is 1. The molecule has 0 aromatic heterocycles. The molecule has 0 aromatic carbocycles. The summed E-state index contributed by atoms with van der Waals surface area (Å²) in [6, 6.07) is 0. The minimum absolute atomic E-state index is 0.00480. The third-order valence-electron chi connectivity index (χ3n) is 2.90. The summed E-state index contributed by atoms with van der Waals surface area (Å²) in [5, 5.41) is 0. The van der Waals surface area contributed by atoms with Crippen LogP contribution in [0.25, 0.3) is 0 Å². The first-order valence-electron chi connectivity index (χ1n) is 6.54. The highest BCUT2D eigenvalue weighted by atomic mass is 16.6. The van der Waals surface area contributed by atoms with Crippen molar-refractivity contribution in [3.8, 4) is 0 Å². The molecule has 104 valence electrons. The van der Waals surface area contributed by atoms with Gasteiger partial charge in [-0.3, -0.25) is 4.79 Å². The van der Waals surface area contributed by atoms with Gasteiger partial charge in [0, 0.05) is 13.1 Å². The zero-order valence-electron chi connectivity index (χ0n) is 11.9. The molecule has 1 heterocycles. The van der Waals surface area contributed by atoms with E-state index in [9.17, 15) is 4.79 Å². The number of nitrogens with zero attached hydrogens (tertiary/aromatic N) is 2. The van der Waals surface area contributed by atoms with Gasteiger partial charge >= 0.3 is 5.97 Å². The lowest BCUT2D eigenvalue weighted by Gasteiger charge is -2.31. The predicted molar refractivity (Wildman–Crippen MR) is 72.3 cm³/mol. The summed E-state index contributed by atoms with van der Waals surface area (Å²) in [5.74, 6) is 0.864. The largest absolute Gasteiger partial charge is 0.459 e. The van der Waals surface area contributed by atoms with Gasteiger partial charge in [0.2, 0.25) is 0 Å². The second-order valence-electron chi connectivity index (χ2n) is 5.93. The maximum Gasteiger partial charge on any atom is 0.328 e. The summed E-state index contributed by atoms with van der Waals surface area (Å²) in [7, 11) is 0. The van der Waals surface area contributed by atoms with E-state index in [2.05, 4.69) is 11.9 Å². The third-order valence-corrected chi connectivity index (χ3v) is 2.90. The Balaban J connectivity index is 2.39. The van der Waals surface area contributed by atoms with Crippen molar-refractivity contribution in [3.05, 3.63) is 0 Å². The van der Waals surface area contributed by atoms with Crippen molar-refractivity contribution in [3.63, 3.8) is 0 Å². The van der Waals surface area contributed by atoms with Gasteiger partial charge in [0.05, 0.1) is 0 Å². The van der Waals surface area contributed by atoms with Crippen molar-refractivity contribution in [2.45, 2.75) is 46.1 Å². The molecule has 5 nitrogen and oxygen atoms in total. The Bertz CT molecular complexity index is 313. The monoisotopic (exact) mass is 255 g/mol. The number of guanidine groups is 1. The lowest BCUT2D eigenvalue weighted by atomic mass is 10.00. The van der Waals surface area contributed by atoms with Crippen LogP contribution in [0.4, 0.5) is 0 Å². The van der Waals surface area contributed by atoms with Gasteiger partial charge in [0.15, 0.2) is 5.96 Å². The molecule has 0 saturated carbocycles.